The van der Waals surface area contributed by atoms with Crippen molar-refractivity contribution < 1.29 is 0 Å². The third kappa shape index (κ3) is 4.40. The second-order valence-electron chi connectivity index (χ2n) is 6.30. The van der Waals surface area contributed by atoms with Crippen LogP contribution in [0.4, 0.5) is 0 Å². The molecule has 18 heavy (non-hydrogen) atoms. The molecule has 1 N–H and O–H groups in total. The second-order valence-corrected chi connectivity index (χ2v) is 6.30. The lowest BCUT2D eigenvalue weighted by Crippen LogP contribution is -2.35. The second kappa shape index (κ2) is 8.72. The standard InChI is InChI=1S/C17H33N/c1-3-5-8-12-17(13-9-6-4-2)14-10-7-11-16(17)15-18/h15-16,18H,3-14H2,1-2H3. The minimum absolute atomic E-state index is 0.504. The third-order valence-corrected chi connectivity index (χ3v) is 4.98. The zero-order chi connectivity index (χ0) is 13.3. The number of nitrogens with one attached hydrogen (secondary N) is 1. The summed E-state index contributed by atoms with van der Waals surface area (Å²) in [7, 11) is 0. The largest absolute Gasteiger partial charge is 0.313 e. The minimum atomic E-state index is 0.504. The Bertz CT molecular complexity index is 212. The van der Waals surface area contributed by atoms with Gasteiger partial charge in [0.05, 0.1) is 0 Å². The Hall–Kier alpha value is -0.330. The van der Waals surface area contributed by atoms with Crippen LogP contribution in [0.25, 0.3) is 0 Å². The molecule has 0 aromatic carbocycles. The quantitative estimate of drug-likeness (QED) is 0.385. The molecular weight excluding hydrogens is 218 g/mol. The van der Waals surface area contributed by atoms with Crippen LogP contribution >= 0.6 is 0 Å². The summed E-state index contributed by atoms with van der Waals surface area (Å²) in [5.41, 5.74) is 0.504. The molecule has 1 heteroatoms. The van der Waals surface area contributed by atoms with Gasteiger partial charge in [-0.05, 0) is 43.2 Å². The van der Waals surface area contributed by atoms with Crippen molar-refractivity contribution in [3.05, 3.63) is 0 Å². The molecule has 1 unspecified atom stereocenters. The first-order chi connectivity index (χ1) is 8.79. The van der Waals surface area contributed by atoms with Gasteiger partial charge in [-0.25, -0.2) is 0 Å². The fourth-order valence-electron chi connectivity index (χ4n) is 3.79. The van der Waals surface area contributed by atoms with Crippen molar-refractivity contribution in [1.29, 1.82) is 5.41 Å². The summed E-state index contributed by atoms with van der Waals surface area (Å²) in [4.78, 5) is 0. The summed E-state index contributed by atoms with van der Waals surface area (Å²) in [6, 6.07) is 0. The molecule has 1 aliphatic carbocycles. The predicted molar refractivity (Wildman–Crippen MR) is 81.5 cm³/mol. The molecule has 0 aromatic rings. The van der Waals surface area contributed by atoms with Crippen molar-refractivity contribution in [1.82, 2.24) is 0 Å². The first-order valence-electron chi connectivity index (χ1n) is 8.29. The number of rotatable bonds is 9. The van der Waals surface area contributed by atoms with Gasteiger partial charge in [-0.2, -0.15) is 0 Å². The third-order valence-electron chi connectivity index (χ3n) is 4.98. The fraction of sp³-hybridized carbons (Fsp3) is 0.941. The molecule has 0 aromatic heterocycles. The fourth-order valence-corrected chi connectivity index (χ4v) is 3.79. The maximum atomic E-state index is 7.79. The molecule has 1 aliphatic rings. The van der Waals surface area contributed by atoms with E-state index in [0.717, 1.165) is 0 Å². The summed E-state index contributed by atoms with van der Waals surface area (Å²) in [5.74, 6) is 0.583. The van der Waals surface area contributed by atoms with Crippen molar-refractivity contribution in [3.63, 3.8) is 0 Å². The van der Waals surface area contributed by atoms with Crippen LogP contribution < -0.4 is 0 Å². The van der Waals surface area contributed by atoms with E-state index in [4.69, 9.17) is 5.41 Å². The molecular formula is C17H33N. The Morgan fingerprint density at radius 1 is 1.00 bits per heavy atom. The van der Waals surface area contributed by atoms with Crippen molar-refractivity contribution in [3.8, 4) is 0 Å². The zero-order valence-electron chi connectivity index (χ0n) is 12.6. The Morgan fingerprint density at radius 3 is 2.11 bits per heavy atom. The lowest BCUT2D eigenvalue weighted by atomic mass is 9.62. The van der Waals surface area contributed by atoms with Gasteiger partial charge in [-0.15, -0.1) is 0 Å². The molecule has 0 amide bonds. The van der Waals surface area contributed by atoms with Gasteiger partial charge in [-0.3, -0.25) is 0 Å². The highest BCUT2D eigenvalue weighted by atomic mass is 14.5. The maximum absolute atomic E-state index is 7.79. The first-order valence-corrected chi connectivity index (χ1v) is 8.29. The van der Waals surface area contributed by atoms with E-state index in [1.165, 1.54) is 77.0 Å². The maximum Gasteiger partial charge on any atom is -0.000839 e. The average Bonchev–Trinajstić information content (AvgIpc) is 2.40. The number of hydrogen-bond acceptors (Lipinski definition) is 1. The summed E-state index contributed by atoms with van der Waals surface area (Å²) in [6.07, 6.45) is 18.1. The SMILES string of the molecule is CCCCCC1(CCCCC)CCCCC1C=N. The number of unbranched alkanes of at least 4 members (excludes halogenated alkanes) is 4. The molecule has 0 aliphatic heterocycles. The average molecular weight is 251 g/mol. The van der Waals surface area contributed by atoms with E-state index in [9.17, 15) is 0 Å². The lowest BCUT2D eigenvalue weighted by molar-refractivity contribution is 0.109. The Morgan fingerprint density at radius 2 is 1.61 bits per heavy atom. The normalized spacial score (nSPS) is 22.9. The predicted octanol–water partition coefficient (Wildman–Crippen LogP) is 5.97. The summed E-state index contributed by atoms with van der Waals surface area (Å²) in [5, 5.41) is 7.79. The highest BCUT2D eigenvalue weighted by molar-refractivity contribution is 5.58. The Labute approximate surface area is 114 Å². The Balaban J connectivity index is 2.60. The van der Waals surface area contributed by atoms with Gasteiger partial charge in [0.1, 0.15) is 0 Å². The molecule has 106 valence electrons. The van der Waals surface area contributed by atoms with Crippen LogP contribution in [0.1, 0.15) is 90.9 Å². The summed E-state index contributed by atoms with van der Waals surface area (Å²) < 4.78 is 0. The van der Waals surface area contributed by atoms with Crippen LogP contribution in [0.15, 0.2) is 0 Å². The number of hydrogen-bond donors (Lipinski definition) is 1. The van der Waals surface area contributed by atoms with Crippen LogP contribution in [0.3, 0.4) is 0 Å². The van der Waals surface area contributed by atoms with Crippen LogP contribution in [-0.4, -0.2) is 6.21 Å². The Kier molecular flexibility index (Phi) is 7.62. The molecule has 1 fully saturated rings. The van der Waals surface area contributed by atoms with Crippen molar-refractivity contribution in [2.24, 2.45) is 11.3 Å². The molecule has 0 bridgehead atoms. The first kappa shape index (κ1) is 15.7. The van der Waals surface area contributed by atoms with E-state index >= 15 is 0 Å². The van der Waals surface area contributed by atoms with Crippen molar-refractivity contribution >= 4 is 6.21 Å². The summed E-state index contributed by atoms with van der Waals surface area (Å²) in [6.45, 7) is 4.58. The highest BCUT2D eigenvalue weighted by Crippen LogP contribution is 2.48. The van der Waals surface area contributed by atoms with E-state index in [2.05, 4.69) is 13.8 Å². The molecule has 1 saturated carbocycles. The van der Waals surface area contributed by atoms with Crippen LogP contribution in [0, 0.1) is 16.7 Å². The molecule has 1 atom stereocenters. The van der Waals surface area contributed by atoms with E-state index in [-0.39, 0.29) is 0 Å². The van der Waals surface area contributed by atoms with Crippen molar-refractivity contribution in [2.75, 3.05) is 0 Å². The van der Waals surface area contributed by atoms with Gasteiger partial charge in [-0.1, -0.05) is 65.2 Å². The van der Waals surface area contributed by atoms with E-state index < -0.39 is 0 Å². The van der Waals surface area contributed by atoms with Gasteiger partial charge in [0, 0.05) is 0 Å². The monoisotopic (exact) mass is 251 g/mol. The summed E-state index contributed by atoms with van der Waals surface area (Å²) >= 11 is 0. The van der Waals surface area contributed by atoms with Crippen LogP contribution in [0.5, 0.6) is 0 Å². The molecule has 0 spiro atoms. The minimum Gasteiger partial charge on any atom is -0.313 e. The molecule has 0 saturated heterocycles. The van der Waals surface area contributed by atoms with Gasteiger partial charge < -0.3 is 5.41 Å². The van der Waals surface area contributed by atoms with E-state index in [1.54, 1.807) is 6.21 Å². The van der Waals surface area contributed by atoms with Gasteiger partial charge in [0.25, 0.3) is 0 Å². The molecule has 0 heterocycles. The smallest absolute Gasteiger partial charge is 0.000839 e. The van der Waals surface area contributed by atoms with E-state index in [1.807, 2.05) is 0 Å². The van der Waals surface area contributed by atoms with Gasteiger partial charge >= 0.3 is 0 Å². The van der Waals surface area contributed by atoms with E-state index in [0.29, 0.717) is 11.3 Å². The van der Waals surface area contributed by atoms with Crippen LogP contribution in [-0.2, 0) is 0 Å². The molecule has 1 nitrogen and oxygen atoms in total. The lowest BCUT2D eigenvalue weighted by Gasteiger charge is -2.43. The topological polar surface area (TPSA) is 23.9 Å². The van der Waals surface area contributed by atoms with Gasteiger partial charge in [0.2, 0.25) is 0 Å². The van der Waals surface area contributed by atoms with Crippen molar-refractivity contribution in [2.45, 2.75) is 90.9 Å². The van der Waals surface area contributed by atoms with Crippen LogP contribution in [0.2, 0.25) is 0 Å². The van der Waals surface area contributed by atoms with Gasteiger partial charge in [0.15, 0.2) is 0 Å². The molecule has 1 rings (SSSR count). The zero-order valence-corrected chi connectivity index (χ0v) is 12.6. The highest BCUT2D eigenvalue weighted by Gasteiger charge is 2.38. The molecule has 0 radical (unpaired) electrons.